The van der Waals surface area contributed by atoms with Crippen molar-refractivity contribution in [3.05, 3.63) is 51.1 Å². The van der Waals surface area contributed by atoms with Gasteiger partial charge >= 0.3 is 0 Å². The lowest BCUT2D eigenvalue weighted by Gasteiger charge is -2.07. The van der Waals surface area contributed by atoms with E-state index in [0.717, 1.165) is 17.0 Å². The normalized spacial score (nSPS) is 11.4. The van der Waals surface area contributed by atoms with E-state index in [4.69, 9.17) is 39.5 Å². The summed E-state index contributed by atoms with van der Waals surface area (Å²) in [4.78, 5) is 4.03. The monoisotopic (exact) mass is 343 g/mol. The predicted octanol–water partition coefficient (Wildman–Crippen LogP) is 4.89. The highest BCUT2D eigenvalue weighted by molar-refractivity contribution is 6.42. The Kier molecular flexibility index (Phi) is 5.28. The zero-order chi connectivity index (χ0) is 15.4. The Hall–Kier alpha value is -1.49. The molecule has 110 valence electrons. The molecule has 0 saturated carbocycles. The van der Waals surface area contributed by atoms with Gasteiger partial charge in [0, 0.05) is 5.56 Å². The van der Waals surface area contributed by atoms with E-state index in [0.29, 0.717) is 15.9 Å². The summed E-state index contributed by atoms with van der Waals surface area (Å²) in [5.41, 5.74) is 4.44. The second kappa shape index (κ2) is 6.98. The van der Waals surface area contributed by atoms with E-state index in [1.807, 2.05) is 31.2 Å². The quantitative estimate of drug-likeness (QED) is 0.488. The molecule has 0 unspecified atom stereocenters. The largest absolute Gasteiger partial charge is 0.497 e. The predicted molar refractivity (Wildman–Crippen MR) is 88.1 cm³/mol. The minimum atomic E-state index is 0.165. The smallest absolute Gasteiger partial charge is 0.166 e. The number of aromatic nitrogens is 1. The van der Waals surface area contributed by atoms with Crippen molar-refractivity contribution >= 4 is 46.3 Å². The molecule has 0 aliphatic rings. The van der Waals surface area contributed by atoms with Crippen LogP contribution in [0.1, 0.15) is 12.5 Å². The van der Waals surface area contributed by atoms with Crippen molar-refractivity contribution in [2.45, 2.75) is 6.92 Å². The van der Waals surface area contributed by atoms with Gasteiger partial charge in [0.15, 0.2) is 5.82 Å². The fourth-order valence-corrected chi connectivity index (χ4v) is 2.11. The standard InChI is InChI=1S/C14H12Cl3N3O/c1-8(9-4-3-5-10(6-9)21-2)19-20-14-12(16)7-11(15)13(17)18-14/h3-7H,1-2H3,(H,18,20)/b19-8-. The third-order valence-electron chi connectivity index (χ3n) is 2.70. The average molecular weight is 345 g/mol. The number of hydrogen-bond donors (Lipinski definition) is 1. The number of ether oxygens (including phenoxy) is 1. The number of nitrogens with zero attached hydrogens (tertiary/aromatic N) is 2. The summed E-state index contributed by atoms with van der Waals surface area (Å²) in [6, 6.07) is 9.06. The lowest BCUT2D eigenvalue weighted by Crippen LogP contribution is -2.02. The van der Waals surface area contributed by atoms with Crippen LogP contribution in [0.5, 0.6) is 5.75 Å². The number of rotatable bonds is 4. The highest BCUT2D eigenvalue weighted by Gasteiger charge is 2.07. The van der Waals surface area contributed by atoms with Crippen LogP contribution in [-0.4, -0.2) is 17.8 Å². The first-order chi connectivity index (χ1) is 10.0. The fourth-order valence-electron chi connectivity index (χ4n) is 1.57. The topological polar surface area (TPSA) is 46.5 Å². The molecule has 4 nitrogen and oxygen atoms in total. The van der Waals surface area contributed by atoms with Crippen LogP contribution in [0.15, 0.2) is 35.4 Å². The van der Waals surface area contributed by atoms with Crippen LogP contribution in [-0.2, 0) is 0 Å². The van der Waals surface area contributed by atoms with Crippen LogP contribution in [0.2, 0.25) is 15.2 Å². The van der Waals surface area contributed by atoms with Crippen molar-refractivity contribution in [1.29, 1.82) is 0 Å². The molecule has 0 aliphatic carbocycles. The van der Waals surface area contributed by atoms with Crippen molar-refractivity contribution in [2.75, 3.05) is 12.5 Å². The van der Waals surface area contributed by atoms with Crippen LogP contribution in [0.3, 0.4) is 0 Å². The van der Waals surface area contributed by atoms with Crippen LogP contribution < -0.4 is 10.2 Å². The molecule has 0 radical (unpaired) electrons. The summed E-state index contributed by atoms with van der Waals surface area (Å²) in [5, 5.41) is 5.03. The Morgan fingerprint density at radius 3 is 2.67 bits per heavy atom. The van der Waals surface area contributed by atoms with Gasteiger partial charge in [0.05, 0.1) is 22.9 Å². The molecule has 7 heteroatoms. The van der Waals surface area contributed by atoms with Gasteiger partial charge < -0.3 is 4.74 Å². The maximum Gasteiger partial charge on any atom is 0.166 e. The first-order valence-electron chi connectivity index (χ1n) is 5.97. The molecule has 0 amide bonds. The van der Waals surface area contributed by atoms with Gasteiger partial charge in [0.25, 0.3) is 0 Å². The van der Waals surface area contributed by atoms with E-state index in [2.05, 4.69) is 15.5 Å². The highest BCUT2D eigenvalue weighted by atomic mass is 35.5. The molecule has 0 atom stereocenters. The number of halogens is 3. The molecule has 1 aromatic carbocycles. The van der Waals surface area contributed by atoms with E-state index in [-0.39, 0.29) is 5.15 Å². The Morgan fingerprint density at radius 1 is 1.19 bits per heavy atom. The first-order valence-corrected chi connectivity index (χ1v) is 7.11. The molecule has 0 bridgehead atoms. The van der Waals surface area contributed by atoms with Gasteiger partial charge in [0.2, 0.25) is 0 Å². The third kappa shape index (κ3) is 4.00. The summed E-state index contributed by atoms with van der Waals surface area (Å²) >= 11 is 17.7. The highest BCUT2D eigenvalue weighted by Crippen LogP contribution is 2.28. The molecule has 0 aliphatic heterocycles. The molecule has 1 heterocycles. The Balaban J connectivity index is 2.22. The second-order valence-electron chi connectivity index (χ2n) is 4.13. The molecule has 2 aromatic rings. The van der Waals surface area contributed by atoms with E-state index >= 15 is 0 Å². The van der Waals surface area contributed by atoms with Crippen molar-refractivity contribution in [3.63, 3.8) is 0 Å². The van der Waals surface area contributed by atoms with Gasteiger partial charge in [0.1, 0.15) is 10.9 Å². The van der Waals surface area contributed by atoms with E-state index < -0.39 is 0 Å². The van der Waals surface area contributed by atoms with Crippen LogP contribution in [0.25, 0.3) is 0 Å². The third-order valence-corrected chi connectivity index (χ3v) is 3.66. The van der Waals surface area contributed by atoms with Crippen LogP contribution in [0.4, 0.5) is 5.82 Å². The molecular formula is C14H12Cl3N3O. The van der Waals surface area contributed by atoms with Gasteiger partial charge in [-0.25, -0.2) is 4.98 Å². The van der Waals surface area contributed by atoms with Crippen LogP contribution >= 0.6 is 34.8 Å². The van der Waals surface area contributed by atoms with Gasteiger partial charge in [-0.2, -0.15) is 5.10 Å². The minimum absolute atomic E-state index is 0.165. The Bertz CT molecular complexity index is 689. The van der Waals surface area contributed by atoms with E-state index in [1.165, 1.54) is 6.07 Å². The van der Waals surface area contributed by atoms with Crippen LogP contribution in [0, 0.1) is 0 Å². The number of hydrogen-bond acceptors (Lipinski definition) is 4. The number of methoxy groups -OCH3 is 1. The van der Waals surface area contributed by atoms with Gasteiger partial charge in [-0.1, -0.05) is 46.9 Å². The molecule has 0 saturated heterocycles. The Morgan fingerprint density at radius 2 is 1.95 bits per heavy atom. The molecular weight excluding hydrogens is 333 g/mol. The lowest BCUT2D eigenvalue weighted by atomic mass is 10.1. The van der Waals surface area contributed by atoms with Gasteiger partial charge in [-0.15, -0.1) is 0 Å². The zero-order valence-corrected chi connectivity index (χ0v) is 13.6. The summed E-state index contributed by atoms with van der Waals surface area (Å²) in [6.07, 6.45) is 0. The summed E-state index contributed by atoms with van der Waals surface area (Å²) < 4.78 is 5.17. The summed E-state index contributed by atoms with van der Waals surface area (Å²) in [5.74, 6) is 1.10. The summed E-state index contributed by atoms with van der Waals surface area (Å²) in [7, 11) is 1.61. The number of pyridine rings is 1. The molecule has 1 aromatic heterocycles. The van der Waals surface area contributed by atoms with E-state index in [1.54, 1.807) is 7.11 Å². The lowest BCUT2D eigenvalue weighted by molar-refractivity contribution is 0.414. The zero-order valence-electron chi connectivity index (χ0n) is 11.3. The maximum absolute atomic E-state index is 6.02. The number of hydrazone groups is 1. The fraction of sp³-hybridized carbons (Fsp3) is 0.143. The first kappa shape index (κ1) is 15.9. The van der Waals surface area contributed by atoms with Crippen molar-refractivity contribution in [3.8, 4) is 5.75 Å². The number of nitrogens with one attached hydrogen (secondary N) is 1. The summed E-state index contributed by atoms with van der Waals surface area (Å²) in [6.45, 7) is 1.85. The number of anilines is 1. The van der Waals surface area contributed by atoms with Gasteiger partial charge in [-0.3, -0.25) is 5.43 Å². The van der Waals surface area contributed by atoms with Gasteiger partial charge in [-0.05, 0) is 25.1 Å². The molecule has 0 fully saturated rings. The number of benzene rings is 1. The van der Waals surface area contributed by atoms with Crippen molar-refractivity contribution < 1.29 is 4.74 Å². The molecule has 2 rings (SSSR count). The Labute approximate surface area is 137 Å². The molecule has 0 spiro atoms. The van der Waals surface area contributed by atoms with E-state index in [9.17, 15) is 0 Å². The average Bonchev–Trinajstić information content (AvgIpc) is 2.49. The van der Waals surface area contributed by atoms with Crippen molar-refractivity contribution in [1.82, 2.24) is 4.98 Å². The van der Waals surface area contributed by atoms with Crippen molar-refractivity contribution in [2.24, 2.45) is 5.10 Å². The molecule has 21 heavy (non-hydrogen) atoms. The second-order valence-corrected chi connectivity index (χ2v) is 5.30. The molecule has 1 N–H and O–H groups in total. The minimum Gasteiger partial charge on any atom is -0.497 e. The SMILES string of the molecule is COc1cccc(/C(C)=N\Nc2nc(Cl)c(Cl)cc2Cl)c1. The maximum atomic E-state index is 6.02.